The second-order valence-electron chi connectivity index (χ2n) is 10.3. The topological polar surface area (TPSA) is 170 Å². The van der Waals surface area contributed by atoms with Gasteiger partial charge in [0.25, 0.3) is 5.91 Å². The number of carboxylic acids is 1. The van der Waals surface area contributed by atoms with Crippen molar-refractivity contribution in [2.24, 2.45) is 0 Å². The third-order valence-corrected chi connectivity index (χ3v) is 7.53. The Hall–Kier alpha value is -5.08. The third-order valence-electron chi connectivity index (χ3n) is 7.53. The molecule has 0 saturated carbocycles. The van der Waals surface area contributed by atoms with Crippen molar-refractivity contribution in [1.82, 2.24) is 25.0 Å². The van der Waals surface area contributed by atoms with Crippen molar-refractivity contribution in [3.63, 3.8) is 0 Å². The fourth-order valence-electron chi connectivity index (χ4n) is 5.18. The van der Waals surface area contributed by atoms with Gasteiger partial charge in [-0.05, 0) is 36.4 Å². The molecule has 2 N–H and O–H groups in total. The summed E-state index contributed by atoms with van der Waals surface area (Å²) in [6, 6.07) is 5.46. The second kappa shape index (κ2) is 14.4. The van der Waals surface area contributed by atoms with Crippen LogP contribution < -0.4 is 10.2 Å². The maximum Gasteiger partial charge on any atom is 0.323 e. The molecule has 2 fully saturated rings. The number of piperazine rings is 2. The van der Waals surface area contributed by atoms with E-state index in [1.54, 1.807) is 17.3 Å². The number of aromatic nitrogens is 1. The molecule has 0 spiro atoms. The Morgan fingerprint density at radius 2 is 1.66 bits per heavy atom. The van der Waals surface area contributed by atoms with E-state index >= 15 is 0 Å². The number of pyridine rings is 1. The number of hydrogen-bond acceptors (Lipinski definition) is 9. The molecule has 0 aliphatic carbocycles. The highest BCUT2D eigenvalue weighted by Crippen LogP contribution is 2.20. The molecule has 0 bridgehead atoms. The van der Waals surface area contributed by atoms with Gasteiger partial charge < -0.3 is 34.8 Å². The summed E-state index contributed by atoms with van der Waals surface area (Å²) in [5.41, 5.74) is 0.992. The Kier molecular flexibility index (Phi) is 10.4. The van der Waals surface area contributed by atoms with E-state index in [0.717, 1.165) is 34.7 Å². The van der Waals surface area contributed by atoms with E-state index in [-0.39, 0.29) is 18.7 Å². The van der Waals surface area contributed by atoms with E-state index in [9.17, 15) is 38.3 Å². The highest BCUT2D eigenvalue weighted by Gasteiger charge is 2.42. The molecule has 4 rings (SSSR count). The lowest BCUT2D eigenvalue weighted by Gasteiger charge is -2.41. The maximum absolute atomic E-state index is 14.0. The largest absolute Gasteiger partial charge is 0.480 e. The molecule has 2 atom stereocenters. The monoisotopic (exact) mass is 612 g/mol. The van der Waals surface area contributed by atoms with Crippen LogP contribution in [0.2, 0.25) is 0 Å². The Labute approximate surface area is 252 Å². The normalized spacial score (nSPS) is 17.6. The number of amides is 4. The van der Waals surface area contributed by atoms with Crippen LogP contribution in [-0.4, -0.2) is 125 Å². The van der Waals surface area contributed by atoms with Gasteiger partial charge in [0, 0.05) is 62.9 Å². The number of rotatable bonds is 10. The molecule has 0 unspecified atom stereocenters. The Bertz CT molecular complexity index is 1380. The molecule has 2 aliphatic heterocycles. The molecule has 1 aromatic carbocycles. The summed E-state index contributed by atoms with van der Waals surface area (Å²) in [4.78, 5) is 86.9. The predicted octanol–water partition coefficient (Wildman–Crippen LogP) is -0.255. The van der Waals surface area contributed by atoms with Crippen molar-refractivity contribution in [3.05, 3.63) is 60.2 Å². The summed E-state index contributed by atoms with van der Waals surface area (Å²) in [7, 11) is 1.11. The van der Waals surface area contributed by atoms with Crippen LogP contribution in [0.4, 0.5) is 10.1 Å². The van der Waals surface area contributed by atoms with Gasteiger partial charge in [0.05, 0.1) is 20.0 Å². The van der Waals surface area contributed by atoms with E-state index < -0.39 is 72.9 Å². The van der Waals surface area contributed by atoms with Gasteiger partial charge >= 0.3 is 11.9 Å². The first kappa shape index (κ1) is 31.8. The highest BCUT2D eigenvalue weighted by atomic mass is 19.1. The fraction of sp³-hybridized carbons (Fsp3) is 0.414. The van der Waals surface area contributed by atoms with Gasteiger partial charge in [-0.2, -0.15) is 0 Å². The number of anilines is 1. The molecule has 44 heavy (non-hydrogen) atoms. The van der Waals surface area contributed by atoms with Crippen molar-refractivity contribution in [1.29, 1.82) is 0 Å². The second-order valence-corrected chi connectivity index (χ2v) is 10.3. The number of methoxy groups -OCH3 is 1. The van der Waals surface area contributed by atoms with Crippen LogP contribution >= 0.6 is 0 Å². The molecule has 3 heterocycles. The number of carboxylic acid groups (broad SMARTS) is 1. The smallest absolute Gasteiger partial charge is 0.323 e. The predicted molar refractivity (Wildman–Crippen MR) is 152 cm³/mol. The minimum atomic E-state index is -1.45. The number of hydrogen-bond donors (Lipinski definition) is 2. The zero-order valence-electron chi connectivity index (χ0n) is 24.1. The number of nitrogens with zero attached hydrogens (tertiary/aromatic N) is 5. The van der Waals surface area contributed by atoms with Crippen LogP contribution in [0.5, 0.6) is 0 Å². The first-order valence-corrected chi connectivity index (χ1v) is 13.9. The van der Waals surface area contributed by atoms with Gasteiger partial charge in [0.1, 0.15) is 24.4 Å². The van der Waals surface area contributed by atoms with Gasteiger partial charge in [-0.1, -0.05) is 0 Å². The average Bonchev–Trinajstić information content (AvgIpc) is 3.02. The van der Waals surface area contributed by atoms with Crippen molar-refractivity contribution in [2.75, 3.05) is 57.8 Å². The first-order chi connectivity index (χ1) is 21.1. The summed E-state index contributed by atoms with van der Waals surface area (Å²) in [6.07, 6.45) is 2.34. The zero-order valence-corrected chi connectivity index (χ0v) is 24.1. The number of ether oxygens (including phenoxy) is 1. The average molecular weight is 613 g/mol. The number of nitrogens with one attached hydrogen (secondary N) is 1. The molecule has 2 aromatic rings. The van der Waals surface area contributed by atoms with Crippen molar-refractivity contribution < 1.29 is 43.0 Å². The minimum Gasteiger partial charge on any atom is -0.480 e. The van der Waals surface area contributed by atoms with Crippen LogP contribution in [0.25, 0.3) is 0 Å². The Morgan fingerprint density at radius 1 is 1.00 bits per heavy atom. The Morgan fingerprint density at radius 3 is 2.27 bits per heavy atom. The number of esters is 1. The van der Waals surface area contributed by atoms with Crippen molar-refractivity contribution in [2.45, 2.75) is 24.9 Å². The number of carbonyl (C=O) groups excluding carboxylic acids is 5. The number of carbonyl (C=O) groups is 6. The van der Waals surface area contributed by atoms with E-state index in [1.165, 1.54) is 12.1 Å². The molecule has 15 heteroatoms. The molecule has 0 radical (unpaired) electrons. The summed E-state index contributed by atoms with van der Waals surface area (Å²) < 4.78 is 18.2. The highest BCUT2D eigenvalue weighted by molar-refractivity contribution is 6.01. The van der Waals surface area contributed by atoms with Gasteiger partial charge in [-0.3, -0.25) is 33.8 Å². The van der Waals surface area contributed by atoms with E-state index in [1.807, 2.05) is 12.1 Å². The van der Waals surface area contributed by atoms with Gasteiger partial charge in [0.2, 0.25) is 17.7 Å². The molecular weight excluding hydrogens is 579 g/mol. The Balaban J connectivity index is 1.54. The zero-order chi connectivity index (χ0) is 31.8. The quantitative estimate of drug-likeness (QED) is 0.341. The molecule has 2 aliphatic rings. The minimum absolute atomic E-state index is 0.0380. The fourth-order valence-corrected chi connectivity index (χ4v) is 5.18. The molecule has 4 amide bonds. The molecule has 14 nitrogen and oxygen atoms in total. The molecule has 2 saturated heterocycles. The van der Waals surface area contributed by atoms with Crippen LogP contribution in [0, 0.1) is 5.82 Å². The van der Waals surface area contributed by atoms with Gasteiger partial charge in [-0.15, -0.1) is 0 Å². The molecular formula is C29H33FN6O8. The molecule has 1 aromatic heterocycles. The summed E-state index contributed by atoms with van der Waals surface area (Å²) in [5, 5.41) is 11.8. The van der Waals surface area contributed by atoms with E-state index in [2.05, 4.69) is 15.2 Å². The lowest BCUT2D eigenvalue weighted by atomic mass is 10.0. The lowest BCUT2D eigenvalue weighted by Crippen LogP contribution is -2.63. The van der Waals surface area contributed by atoms with Crippen molar-refractivity contribution in [3.8, 4) is 0 Å². The SMILES string of the molecule is COC(=O)C[C@H]1C(=O)N(CC(=O)O)CCN1C(=O)[C@H](CC(=O)N1CCN(c2ccncc2)CC1)NC(=O)c1ccc(F)cc1. The summed E-state index contributed by atoms with van der Waals surface area (Å²) in [6.45, 7) is 0.832. The van der Waals surface area contributed by atoms with Crippen LogP contribution in [-0.2, 0) is 28.7 Å². The standard InChI is InChI=1S/C29H33FN6O8/c1-44-26(40)17-23-29(43)35(18-25(38)39)14-15-36(23)28(42)22(32-27(41)19-2-4-20(30)5-3-19)16-24(37)34-12-10-33(11-13-34)21-6-8-31-9-7-21/h2-9,22-23H,10-18H2,1H3,(H,32,41)(H,38,39)/t22-,23-/m0/s1. The van der Waals surface area contributed by atoms with Crippen molar-refractivity contribution >= 4 is 41.3 Å². The van der Waals surface area contributed by atoms with Crippen LogP contribution in [0.3, 0.4) is 0 Å². The van der Waals surface area contributed by atoms with Crippen LogP contribution in [0.15, 0.2) is 48.8 Å². The summed E-state index contributed by atoms with van der Waals surface area (Å²) >= 11 is 0. The van der Waals surface area contributed by atoms with E-state index in [4.69, 9.17) is 4.74 Å². The lowest BCUT2D eigenvalue weighted by molar-refractivity contribution is -0.159. The van der Waals surface area contributed by atoms with E-state index in [0.29, 0.717) is 26.2 Å². The first-order valence-electron chi connectivity index (χ1n) is 13.9. The number of aliphatic carboxylic acids is 1. The number of benzene rings is 1. The van der Waals surface area contributed by atoms with Gasteiger partial charge in [0.15, 0.2) is 0 Å². The maximum atomic E-state index is 14.0. The van der Waals surface area contributed by atoms with Crippen LogP contribution in [0.1, 0.15) is 23.2 Å². The summed E-state index contributed by atoms with van der Waals surface area (Å²) in [5.74, 6) is -5.40. The van der Waals surface area contributed by atoms with Gasteiger partial charge in [-0.25, -0.2) is 4.39 Å². The molecule has 234 valence electrons. The number of halogens is 1. The third kappa shape index (κ3) is 7.85.